The standard InChI is InChI=1S/C25H36ClN3O5/c1-16(2)11-20(22(32)29-25(5,14-30)13-17-9-10-27-21(17)31)28-23(33)34-15-24(3,4)18-7-6-8-19(26)12-18/h6-8,12,14,16-17,20H,9-11,13,15H2,1-5H3,(H,27,31)(H,28,33)(H,29,32)/t17?,20-,25?/m0/s1. The van der Waals surface area contributed by atoms with Gasteiger partial charge in [-0.1, -0.05) is 51.4 Å². The molecule has 9 heteroatoms. The minimum atomic E-state index is -1.22. The van der Waals surface area contributed by atoms with E-state index in [1.807, 2.05) is 45.9 Å². The highest BCUT2D eigenvalue weighted by Gasteiger charge is 2.37. The van der Waals surface area contributed by atoms with Gasteiger partial charge in [0.25, 0.3) is 0 Å². The molecule has 1 aromatic carbocycles. The fourth-order valence-electron chi connectivity index (χ4n) is 3.97. The molecular weight excluding hydrogens is 458 g/mol. The number of aldehydes is 1. The van der Waals surface area contributed by atoms with Gasteiger partial charge in [0.05, 0.1) is 5.54 Å². The van der Waals surface area contributed by atoms with E-state index in [2.05, 4.69) is 16.0 Å². The molecule has 188 valence electrons. The summed E-state index contributed by atoms with van der Waals surface area (Å²) >= 11 is 6.08. The summed E-state index contributed by atoms with van der Waals surface area (Å²) in [6.45, 7) is 9.94. The van der Waals surface area contributed by atoms with Crippen molar-refractivity contribution in [1.29, 1.82) is 0 Å². The number of nitrogens with one attached hydrogen (secondary N) is 3. The minimum absolute atomic E-state index is 0.0814. The fourth-order valence-corrected chi connectivity index (χ4v) is 4.16. The number of ether oxygens (including phenoxy) is 1. The van der Waals surface area contributed by atoms with Crippen LogP contribution in [0, 0.1) is 11.8 Å². The molecule has 1 fully saturated rings. The van der Waals surface area contributed by atoms with Crippen LogP contribution in [0.3, 0.4) is 0 Å². The minimum Gasteiger partial charge on any atom is -0.449 e. The molecule has 3 atom stereocenters. The van der Waals surface area contributed by atoms with Gasteiger partial charge in [-0.05, 0) is 49.8 Å². The first-order valence-electron chi connectivity index (χ1n) is 11.6. The highest BCUT2D eigenvalue weighted by Crippen LogP contribution is 2.26. The van der Waals surface area contributed by atoms with Crippen molar-refractivity contribution in [3.8, 4) is 0 Å². The number of benzene rings is 1. The molecule has 0 bridgehead atoms. The van der Waals surface area contributed by atoms with Crippen molar-refractivity contribution in [2.24, 2.45) is 11.8 Å². The molecule has 1 aliphatic heterocycles. The SMILES string of the molecule is CC(C)C[C@H](NC(=O)OCC(C)(C)c1cccc(Cl)c1)C(=O)NC(C)(C=O)CC1CCNC1=O. The van der Waals surface area contributed by atoms with Gasteiger partial charge in [0.1, 0.15) is 18.9 Å². The quantitative estimate of drug-likeness (QED) is 0.409. The van der Waals surface area contributed by atoms with Crippen molar-refractivity contribution in [2.75, 3.05) is 13.2 Å². The average molecular weight is 494 g/mol. The van der Waals surface area contributed by atoms with Crippen LogP contribution in [-0.2, 0) is 24.5 Å². The number of rotatable bonds is 11. The first-order chi connectivity index (χ1) is 15.8. The average Bonchev–Trinajstić information content (AvgIpc) is 3.15. The van der Waals surface area contributed by atoms with E-state index in [-0.39, 0.29) is 30.8 Å². The van der Waals surface area contributed by atoms with E-state index >= 15 is 0 Å². The van der Waals surface area contributed by atoms with Crippen LogP contribution >= 0.6 is 11.6 Å². The Bertz CT molecular complexity index is 904. The van der Waals surface area contributed by atoms with Crippen LogP contribution in [0.1, 0.15) is 59.4 Å². The second-order valence-electron chi connectivity index (χ2n) is 10.3. The van der Waals surface area contributed by atoms with Gasteiger partial charge in [-0.3, -0.25) is 9.59 Å². The molecule has 34 heavy (non-hydrogen) atoms. The monoisotopic (exact) mass is 493 g/mol. The lowest BCUT2D eigenvalue weighted by atomic mass is 9.86. The van der Waals surface area contributed by atoms with E-state index in [1.165, 1.54) is 0 Å². The first-order valence-corrected chi connectivity index (χ1v) is 12.0. The number of carbonyl (C=O) groups is 4. The highest BCUT2D eigenvalue weighted by atomic mass is 35.5. The number of amides is 3. The molecule has 0 spiro atoms. The van der Waals surface area contributed by atoms with Gasteiger partial charge in [-0.2, -0.15) is 0 Å². The van der Waals surface area contributed by atoms with Crippen LogP contribution in [0.15, 0.2) is 24.3 Å². The lowest BCUT2D eigenvalue weighted by Gasteiger charge is -2.30. The summed E-state index contributed by atoms with van der Waals surface area (Å²) in [5.74, 6) is -0.856. The summed E-state index contributed by atoms with van der Waals surface area (Å²) in [5, 5.41) is 8.70. The topological polar surface area (TPSA) is 114 Å². The Kier molecular flexibility index (Phi) is 9.50. The molecule has 3 amide bonds. The van der Waals surface area contributed by atoms with Crippen LogP contribution in [0.2, 0.25) is 5.02 Å². The number of carbonyl (C=O) groups excluding carboxylic acids is 4. The Labute approximate surface area is 206 Å². The van der Waals surface area contributed by atoms with Gasteiger partial charge < -0.3 is 25.5 Å². The van der Waals surface area contributed by atoms with Crippen LogP contribution in [-0.4, -0.2) is 48.9 Å². The Hall–Kier alpha value is -2.61. The number of halogens is 1. The van der Waals surface area contributed by atoms with Gasteiger partial charge in [0.15, 0.2) is 0 Å². The maximum Gasteiger partial charge on any atom is 0.407 e. The molecule has 1 heterocycles. The van der Waals surface area contributed by atoms with E-state index in [0.717, 1.165) is 5.56 Å². The summed E-state index contributed by atoms with van der Waals surface area (Å²) in [6, 6.07) is 6.45. The lowest BCUT2D eigenvalue weighted by Crippen LogP contribution is -2.56. The van der Waals surface area contributed by atoms with E-state index in [0.29, 0.717) is 30.7 Å². The molecule has 1 saturated heterocycles. The third-order valence-electron chi connectivity index (χ3n) is 5.99. The maximum absolute atomic E-state index is 13.0. The molecule has 1 aromatic rings. The largest absolute Gasteiger partial charge is 0.449 e. The normalized spacial score (nSPS) is 18.6. The van der Waals surface area contributed by atoms with Gasteiger partial charge in [-0.25, -0.2) is 4.79 Å². The predicted molar refractivity (Wildman–Crippen MR) is 131 cm³/mol. The van der Waals surface area contributed by atoms with Gasteiger partial charge in [0.2, 0.25) is 11.8 Å². The van der Waals surface area contributed by atoms with Crippen LogP contribution < -0.4 is 16.0 Å². The van der Waals surface area contributed by atoms with Crippen LogP contribution in [0.4, 0.5) is 4.79 Å². The first kappa shape index (κ1) is 27.6. The molecule has 0 aliphatic carbocycles. The molecule has 2 rings (SSSR count). The van der Waals surface area contributed by atoms with Crippen molar-refractivity contribution < 1.29 is 23.9 Å². The summed E-state index contributed by atoms with van der Waals surface area (Å²) in [7, 11) is 0. The van der Waals surface area contributed by atoms with Gasteiger partial charge in [0, 0.05) is 22.9 Å². The maximum atomic E-state index is 13.0. The van der Waals surface area contributed by atoms with E-state index in [4.69, 9.17) is 16.3 Å². The zero-order valence-corrected chi connectivity index (χ0v) is 21.3. The summed E-state index contributed by atoms with van der Waals surface area (Å²) in [6.07, 6.45) is 1.09. The third-order valence-corrected chi connectivity index (χ3v) is 6.22. The molecule has 0 aromatic heterocycles. The van der Waals surface area contributed by atoms with Crippen LogP contribution in [0.25, 0.3) is 0 Å². The molecule has 1 aliphatic rings. The predicted octanol–water partition coefficient (Wildman–Crippen LogP) is 3.36. The Morgan fingerprint density at radius 1 is 1.29 bits per heavy atom. The summed E-state index contributed by atoms with van der Waals surface area (Å²) in [4.78, 5) is 49.4. The molecule has 0 radical (unpaired) electrons. The lowest BCUT2D eigenvalue weighted by molar-refractivity contribution is -0.130. The van der Waals surface area contributed by atoms with E-state index in [9.17, 15) is 19.2 Å². The Morgan fingerprint density at radius 3 is 2.56 bits per heavy atom. The summed E-state index contributed by atoms with van der Waals surface area (Å²) in [5.41, 5.74) is -0.795. The number of hydrogen-bond donors (Lipinski definition) is 3. The molecule has 3 N–H and O–H groups in total. The van der Waals surface area contributed by atoms with Crippen LogP contribution in [0.5, 0.6) is 0 Å². The highest BCUT2D eigenvalue weighted by molar-refractivity contribution is 6.30. The summed E-state index contributed by atoms with van der Waals surface area (Å²) < 4.78 is 5.45. The van der Waals surface area contributed by atoms with Crippen molar-refractivity contribution in [1.82, 2.24) is 16.0 Å². The van der Waals surface area contributed by atoms with Gasteiger partial charge in [-0.15, -0.1) is 0 Å². The van der Waals surface area contributed by atoms with Crippen molar-refractivity contribution in [2.45, 2.75) is 70.9 Å². The fraction of sp³-hybridized carbons (Fsp3) is 0.600. The van der Waals surface area contributed by atoms with Gasteiger partial charge >= 0.3 is 6.09 Å². The van der Waals surface area contributed by atoms with E-state index in [1.54, 1.807) is 13.0 Å². The second-order valence-corrected chi connectivity index (χ2v) is 10.7. The molecule has 0 saturated carbocycles. The van der Waals surface area contributed by atoms with Crippen molar-refractivity contribution in [3.63, 3.8) is 0 Å². The van der Waals surface area contributed by atoms with E-state index < -0.39 is 29.0 Å². The number of hydrogen-bond acceptors (Lipinski definition) is 5. The van der Waals surface area contributed by atoms with Crippen molar-refractivity contribution >= 4 is 35.8 Å². The molecule has 8 nitrogen and oxygen atoms in total. The molecular formula is C25H36ClN3O5. The third kappa shape index (κ3) is 8.01. The number of alkyl carbamates (subject to hydrolysis) is 1. The zero-order chi connectivity index (χ0) is 25.5. The Morgan fingerprint density at radius 2 is 2.00 bits per heavy atom. The zero-order valence-electron chi connectivity index (χ0n) is 20.6. The Balaban J connectivity index is 2.01. The van der Waals surface area contributed by atoms with Crippen molar-refractivity contribution in [3.05, 3.63) is 34.9 Å². The smallest absolute Gasteiger partial charge is 0.407 e. The second kappa shape index (κ2) is 11.7. The molecule has 2 unspecified atom stereocenters.